The van der Waals surface area contributed by atoms with Crippen molar-refractivity contribution in [1.82, 2.24) is 4.31 Å². The molecule has 214 valence electrons. The number of sulfonamides is 1. The fraction of sp³-hybridized carbons (Fsp3) is 0.656. The molecule has 0 atom stereocenters. The molecule has 0 saturated carbocycles. The van der Waals surface area contributed by atoms with Crippen molar-refractivity contribution >= 4 is 10.0 Å². The minimum Gasteiger partial charge on any atom is -0.494 e. The predicted molar refractivity (Wildman–Crippen MR) is 159 cm³/mol. The molecular formula is C32H53N2O3S+. The Kier molecular flexibility index (Phi) is 15.6. The van der Waals surface area contributed by atoms with Crippen LogP contribution in [0.4, 0.5) is 0 Å². The van der Waals surface area contributed by atoms with Crippen LogP contribution in [-0.2, 0) is 30.2 Å². The van der Waals surface area contributed by atoms with Crippen molar-refractivity contribution in [3.63, 3.8) is 0 Å². The maximum Gasteiger partial charge on any atom is 0.211 e. The van der Waals surface area contributed by atoms with Gasteiger partial charge in [-0.05, 0) is 42.7 Å². The van der Waals surface area contributed by atoms with E-state index in [1.54, 1.807) is 0 Å². The van der Waals surface area contributed by atoms with E-state index in [1.165, 1.54) is 94.0 Å². The summed E-state index contributed by atoms with van der Waals surface area (Å²) in [5.74, 6) is 0.863. The molecule has 1 heterocycles. The summed E-state index contributed by atoms with van der Waals surface area (Å²) in [5, 5.41) is 0. The minimum absolute atomic E-state index is 0.350. The number of hydrogen-bond acceptors (Lipinski definition) is 3. The largest absolute Gasteiger partial charge is 0.494 e. The lowest BCUT2D eigenvalue weighted by atomic mass is 10.0. The lowest BCUT2D eigenvalue weighted by Crippen LogP contribution is -2.32. The highest BCUT2D eigenvalue weighted by Gasteiger charge is 2.19. The molecule has 0 aliphatic carbocycles. The van der Waals surface area contributed by atoms with Gasteiger partial charge >= 0.3 is 0 Å². The van der Waals surface area contributed by atoms with Crippen LogP contribution in [0.15, 0.2) is 42.7 Å². The molecule has 2 aromatic rings. The molecule has 0 unspecified atom stereocenters. The third-order valence-electron chi connectivity index (χ3n) is 7.26. The molecular weight excluding hydrogens is 492 g/mol. The Morgan fingerprint density at radius 2 is 1.39 bits per heavy atom. The third kappa shape index (κ3) is 13.7. The van der Waals surface area contributed by atoms with Crippen LogP contribution in [-0.4, -0.2) is 25.6 Å². The molecule has 1 aromatic carbocycles. The average molecular weight is 546 g/mol. The Hall–Kier alpha value is -1.92. The van der Waals surface area contributed by atoms with Gasteiger partial charge in [0, 0.05) is 24.7 Å². The zero-order valence-corrected chi connectivity index (χ0v) is 25.4. The molecule has 38 heavy (non-hydrogen) atoms. The second kappa shape index (κ2) is 18.4. The zero-order valence-electron chi connectivity index (χ0n) is 24.6. The van der Waals surface area contributed by atoms with Gasteiger partial charge in [-0.25, -0.2) is 13.0 Å². The topological polar surface area (TPSA) is 50.5 Å². The number of rotatable bonds is 21. The highest BCUT2D eigenvalue weighted by molar-refractivity contribution is 7.88. The number of aromatic nitrogens is 1. The summed E-state index contributed by atoms with van der Waals surface area (Å²) in [5.41, 5.74) is 3.02. The molecule has 0 aliphatic heterocycles. The van der Waals surface area contributed by atoms with Crippen LogP contribution in [0.5, 0.6) is 5.75 Å². The van der Waals surface area contributed by atoms with Gasteiger partial charge in [0.15, 0.2) is 12.4 Å². The van der Waals surface area contributed by atoms with Crippen molar-refractivity contribution in [3.8, 4) is 5.75 Å². The molecule has 0 fully saturated rings. The lowest BCUT2D eigenvalue weighted by Gasteiger charge is -2.21. The number of benzene rings is 1. The summed E-state index contributed by atoms with van der Waals surface area (Å²) < 4.78 is 34.4. The quantitative estimate of drug-likeness (QED) is 0.120. The number of nitrogens with zero attached hydrogens (tertiary/aromatic N) is 2. The molecule has 1 aromatic heterocycles. The highest BCUT2D eigenvalue weighted by Crippen LogP contribution is 2.21. The van der Waals surface area contributed by atoms with Crippen molar-refractivity contribution in [2.24, 2.45) is 7.05 Å². The standard InChI is InChI=1S/C32H53N2O3S/c1-5-6-7-8-9-10-11-12-13-14-15-16-17-18-24-37-32-22-21-31(29(2)25-32)28-34(38(4,35)36)27-30-20-19-23-33(3)26-30/h19-23,25-26H,5-18,24,27-28H2,1-4H3/q+1. The maximum absolute atomic E-state index is 12.5. The number of unbranched alkanes of at least 4 members (excludes halogenated alkanes) is 13. The van der Waals surface area contributed by atoms with Crippen molar-refractivity contribution in [3.05, 3.63) is 59.4 Å². The van der Waals surface area contributed by atoms with Crippen molar-refractivity contribution in [2.45, 2.75) is 117 Å². The molecule has 6 heteroatoms. The predicted octanol–water partition coefficient (Wildman–Crippen LogP) is 7.64. The SMILES string of the molecule is CCCCCCCCCCCCCCCCOc1ccc(CN(Cc2ccc[n+](C)c2)S(C)(=O)=O)c(C)c1. The van der Waals surface area contributed by atoms with Gasteiger partial charge in [0.1, 0.15) is 12.8 Å². The van der Waals surface area contributed by atoms with Gasteiger partial charge in [-0.1, -0.05) is 96.5 Å². The van der Waals surface area contributed by atoms with E-state index in [4.69, 9.17) is 4.74 Å². The van der Waals surface area contributed by atoms with Crippen LogP contribution in [0, 0.1) is 6.92 Å². The highest BCUT2D eigenvalue weighted by atomic mass is 32.2. The van der Waals surface area contributed by atoms with E-state index in [9.17, 15) is 8.42 Å². The second-order valence-corrected chi connectivity index (χ2v) is 12.9. The first kappa shape index (κ1) is 32.3. The van der Waals surface area contributed by atoms with Gasteiger partial charge in [0.05, 0.1) is 12.9 Å². The van der Waals surface area contributed by atoms with Gasteiger partial charge in [-0.3, -0.25) is 0 Å². The lowest BCUT2D eigenvalue weighted by molar-refractivity contribution is -0.672. The first-order valence-electron chi connectivity index (χ1n) is 14.9. The molecule has 0 aliphatic rings. The molecule has 0 radical (unpaired) electrons. The van der Waals surface area contributed by atoms with Crippen LogP contribution in [0.2, 0.25) is 0 Å². The van der Waals surface area contributed by atoms with Crippen LogP contribution in [0.25, 0.3) is 0 Å². The summed E-state index contributed by atoms with van der Waals surface area (Å²) >= 11 is 0. The van der Waals surface area contributed by atoms with Crippen LogP contribution in [0.3, 0.4) is 0 Å². The molecule has 5 nitrogen and oxygen atoms in total. The van der Waals surface area contributed by atoms with E-state index in [0.717, 1.165) is 35.5 Å². The summed E-state index contributed by atoms with van der Waals surface area (Å²) in [6.45, 7) is 5.74. The van der Waals surface area contributed by atoms with Crippen LogP contribution >= 0.6 is 0 Å². The zero-order chi connectivity index (χ0) is 27.6. The average Bonchev–Trinajstić information content (AvgIpc) is 2.87. The Bertz CT molecular complexity index is 1020. The minimum atomic E-state index is -3.35. The molecule has 2 rings (SSSR count). The number of aryl methyl sites for hydroxylation is 2. The Balaban J connectivity index is 1.62. The maximum atomic E-state index is 12.5. The first-order valence-corrected chi connectivity index (χ1v) is 16.8. The molecule has 0 spiro atoms. The van der Waals surface area contributed by atoms with E-state index in [2.05, 4.69) is 6.92 Å². The van der Waals surface area contributed by atoms with E-state index < -0.39 is 10.0 Å². The summed E-state index contributed by atoms with van der Waals surface area (Å²) in [7, 11) is -1.41. The number of ether oxygens (including phenoxy) is 1. The fourth-order valence-corrected chi connectivity index (χ4v) is 5.61. The van der Waals surface area contributed by atoms with E-state index in [0.29, 0.717) is 13.1 Å². The van der Waals surface area contributed by atoms with Crippen molar-refractivity contribution in [1.29, 1.82) is 0 Å². The Labute approximate surface area is 233 Å². The second-order valence-electron chi connectivity index (χ2n) is 10.9. The van der Waals surface area contributed by atoms with Crippen molar-refractivity contribution < 1.29 is 17.7 Å². The number of hydrogen-bond donors (Lipinski definition) is 0. The summed E-state index contributed by atoms with van der Waals surface area (Å²) in [6.07, 6.45) is 24.1. The first-order chi connectivity index (χ1) is 18.3. The molecule has 0 N–H and O–H groups in total. The Morgan fingerprint density at radius 1 is 0.816 bits per heavy atom. The summed E-state index contributed by atoms with van der Waals surface area (Å²) in [4.78, 5) is 0. The van der Waals surface area contributed by atoms with Gasteiger partial charge in [0.2, 0.25) is 10.0 Å². The van der Waals surface area contributed by atoms with Gasteiger partial charge in [-0.15, -0.1) is 0 Å². The monoisotopic (exact) mass is 545 g/mol. The smallest absolute Gasteiger partial charge is 0.211 e. The van der Waals surface area contributed by atoms with Crippen LogP contribution in [0.1, 0.15) is 114 Å². The van der Waals surface area contributed by atoms with E-state index in [1.807, 2.05) is 61.3 Å². The van der Waals surface area contributed by atoms with Gasteiger partial charge in [-0.2, -0.15) is 4.31 Å². The fourth-order valence-electron chi connectivity index (χ4n) is 4.85. The normalized spacial score (nSPS) is 11.8. The molecule has 0 bridgehead atoms. The van der Waals surface area contributed by atoms with Crippen molar-refractivity contribution in [2.75, 3.05) is 12.9 Å². The Morgan fingerprint density at radius 3 is 1.92 bits per heavy atom. The van der Waals surface area contributed by atoms with Gasteiger partial charge < -0.3 is 4.74 Å². The van der Waals surface area contributed by atoms with E-state index >= 15 is 0 Å². The molecule has 0 amide bonds. The number of pyridine rings is 1. The van der Waals surface area contributed by atoms with E-state index in [-0.39, 0.29) is 0 Å². The summed E-state index contributed by atoms with van der Waals surface area (Å²) in [6, 6.07) is 9.89. The van der Waals surface area contributed by atoms with Gasteiger partial charge in [0.25, 0.3) is 0 Å². The molecule has 0 saturated heterocycles. The van der Waals surface area contributed by atoms with Crippen LogP contribution < -0.4 is 9.30 Å². The third-order valence-corrected chi connectivity index (χ3v) is 8.45.